The van der Waals surface area contributed by atoms with E-state index in [0.29, 0.717) is 10.6 Å². The Morgan fingerprint density at radius 2 is 1.21 bits per heavy atom. The van der Waals surface area contributed by atoms with Gasteiger partial charge in [0, 0.05) is 36.8 Å². The molecule has 5 heteroatoms. The van der Waals surface area contributed by atoms with Gasteiger partial charge in [-0.2, -0.15) is 0 Å². The second-order valence-corrected chi connectivity index (χ2v) is 7.50. The van der Waals surface area contributed by atoms with Gasteiger partial charge in [0.25, 0.3) is 5.91 Å². The van der Waals surface area contributed by atoms with Crippen LogP contribution in [0.4, 0.5) is 0 Å². The molecule has 3 aromatic rings. The molecule has 1 fully saturated rings. The van der Waals surface area contributed by atoms with Crippen LogP contribution < -0.4 is 12.4 Å². The molecular formula is C24H23Cl2N2O-. The minimum Gasteiger partial charge on any atom is -1.00 e. The number of nitrogens with zero attached hydrogens (tertiary/aromatic N) is 2. The van der Waals surface area contributed by atoms with Crippen molar-refractivity contribution in [1.82, 2.24) is 9.80 Å². The van der Waals surface area contributed by atoms with Crippen molar-refractivity contribution in [2.75, 3.05) is 26.2 Å². The minimum atomic E-state index is 0. The van der Waals surface area contributed by atoms with Crippen molar-refractivity contribution >= 4 is 17.5 Å². The van der Waals surface area contributed by atoms with Gasteiger partial charge < -0.3 is 17.3 Å². The van der Waals surface area contributed by atoms with Crippen LogP contribution in [0.5, 0.6) is 0 Å². The summed E-state index contributed by atoms with van der Waals surface area (Å²) in [6.45, 7) is 3.12. The summed E-state index contributed by atoms with van der Waals surface area (Å²) >= 11 is 5.94. The normalized spacial score (nSPS) is 14.5. The summed E-state index contributed by atoms with van der Waals surface area (Å²) in [6.07, 6.45) is 0. The first-order valence-corrected chi connectivity index (χ1v) is 9.99. The van der Waals surface area contributed by atoms with Gasteiger partial charge >= 0.3 is 0 Å². The minimum absolute atomic E-state index is 0. The average Bonchev–Trinajstić information content (AvgIpc) is 2.76. The zero-order valence-electron chi connectivity index (χ0n) is 16.0. The smallest absolute Gasteiger partial charge is 0.253 e. The van der Waals surface area contributed by atoms with E-state index < -0.39 is 0 Å². The lowest BCUT2D eigenvalue weighted by Gasteiger charge is -2.39. The highest BCUT2D eigenvalue weighted by Crippen LogP contribution is 2.29. The van der Waals surface area contributed by atoms with Gasteiger partial charge in [0.1, 0.15) is 0 Å². The van der Waals surface area contributed by atoms with Crippen LogP contribution in [0.3, 0.4) is 0 Å². The third-order valence-corrected chi connectivity index (χ3v) is 5.54. The summed E-state index contributed by atoms with van der Waals surface area (Å²) in [7, 11) is 0. The maximum absolute atomic E-state index is 12.8. The fraction of sp³-hybridized carbons (Fsp3) is 0.208. The number of benzene rings is 3. The van der Waals surface area contributed by atoms with Crippen molar-refractivity contribution in [2.45, 2.75) is 6.04 Å². The molecule has 0 N–H and O–H groups in total. The highest BCUT2D eigenvalue weighted by molar-refractivity contribution is 6.30. The van der Waals surface area contributed by atoms with Crippen molar-refractivity contribution in [2.24, 2.45) is 0 Å². The molecule has 4 rings (SSSR count). The van der Waals surface area contributed by atoms with Gasteiger partial charge in [-0.1, -0.05) is 72.3 Å². The van der Waals surface area contributed by atoms with Gasteiger partial charge in [-0.25, -0.2) is 0 Å². The third-order valence-electron chi connectivity index (χ3n) is 5.29. The number of piperazine rings is 1. The number of carbonyl (C=O) groups excluding carboxylic acids is 1. The Morgan fingerprint density at radius 3 is 1.69 bits per heavy atom. The van der Waals surface area contributed by atoms with E-state index in [4.69, 9.17) is 11.6 Å². The first-order chi connectivity index (χ1) is 13.7. The quantitative estimate of drug-likeness (QED) is 0.637. The number of rotatable bonds is 4. The van der Waals surface area contributed by atoms with E-state index in [1.165, 1.54) is 11.1 Å². The van der Waals surface area contributed by atoms with Crippen LogP contribution in [0.15, 0.2) is 84.9 Å². The Hall–Kier alpha value is -2.33. The lowest BCUT2D eigenvalue weighted by molar-refractivity contribution is -0.0000163. The summed E-state index contributed by atoms with van der Waals surface area (Å²) in [6, 6.07) is 28.5. The standard InChI is InChI=1S/C24H23ClN2O.ClH/c25-22-13-11-21(12-14-22)24(28)27-17-15-26(16-18-27)23(19-7-3-1-4-8-19)20-9-5-2-6-10-20;/h1-14,23H,15-18H2;1H/p-1. The van der Waals surface area contributed by atoms with Gasteiger partial charge in [-0.05, 0) is 35.4 Å². The van der Waals surface area contributed by atoms with Gasteiger partial charge in [-0.3, -0.25) is 9.69 Å². The molecule has 0 saturated carbocycles. The summed E-state index contributed by atoms with van der Waals surface area (Å²) in [4.78, 5) is 17.2. The van der Waals surface area contributed by atoms with E-state index in [1.807, 2.05) is 17.0 Å². The Balaban J connectivity index is 0.00000240. The summed E-state index contributed by atoms with van der Waals surface area (Å²) < 4.78 is 0. The Morgan fingerprint density at radius 1 is 0.724 bits per heavy atom. The van der Waals surface area contributed by atoms with Crippen LogP contribution in [0.1, 0.15) is 27.5 Å². The molecule has 3 nitrogen and oxygen atoms in total. The predicted octanol–water partition coefficient (Wildman–Crippen LogP) is 1.89. The average molecular weight is 426 g/mol. The molecule has 0 bridgehead atoms. The highest BCUT2D eigenvalue weighted by Gasteiger charge is 2.28. The van der Waals surface area contributed by atoms with Crippen LogP contribution in [-0.2, 0) is 0 Å². The lowest BCUT2D eigenvalue weighted by atomic mass is 9.96. The van der Waals surface area contributed by atoms with E-state index in [-0.39, 0.29) is 24.4 Å². The maximum atomic E-state index is 12.8. The molecule has 0 aliphatic carbocycles. The molecule has 1 saturated heterocycles. The molecule has 0 radical (unpaired) electrons. The van der Waals surface area contributed by atoms with Crippen LogP contribution in [0.25, 0.3) is 0 Å². The summed E-state index contributed by atoms with van der Waals surface area (Å²) in [5.74, 6) is 0.0762. The summed E-state index contributed by atoms with van der Waals surface area (Å²) in [5.41, 5.74) is 3.26. The first kappa shape index (κ1) is 21.4. The first-order valence-electron chi connectivity index (χ1n) is 9.61. The molecule has 0 atom stereocenters. The molecule has 1 amide bonds. The molecule has 3 aromatic carbocycles. The Bertz CT molecular complexity index is 869. The second kappa shape index (κ2) is 9.93. The van der Waals surface area contributed by atoms with Crippen molar-refractivity contribution in [3.05, 3.63) is 107 Å². The van der Waals surface area contributed by atoms with E-state index in [0.717, 1.165) is 26.2 Å². The van der Waals surface area contributed by atoms with Crippen molar-refractivity contribution in [3.8, 4) is 0 Å². The zero-order chi connectivity index (χ0) is 19.3. The highest BCUT2D eigenvalue weighted by atomic mass is 35.5. The topological polar surface area (TPSA) is 23.6 Å². The molecule has 0 unspecified atom stereocenters. The van der Waals surface area contributed by atoms with Gasteiger partial charge in [0.15, 0.2) is 0 Å². The van der Waals surface area contributed by atoms with Gasteiger partial charge in [-0.15, -0.1) is 0 Å². The van der Waals surface area contributed by atoms with Gasteiger partial charge in [0.2, 0.25) is 0 Å². The number of amides is 1. The molecule has 0 aromatic heterocycles. The monoisotopic (exact) mass is 425 g/mol. The second-order valence-electron chi connectivity index (χ2n) is 7.06. The Kier molecular flexibility index (Phi) is 7.32. The van der Waals surface area contributed by atoms with Crippen LogP contribution in [0.2, 0.25) is 5.02 Å². The SMILES string of the molecule is O=C(c1ccc(Cl)cc1)N1CCN(C(c2ccccc2)c2ccccc2)CC1.[Cl-]. The predicted molar refractivity (Wildman–Crippen MR) is 114 cm³/mol. The third kappa shape index (κ3) is 4.99. The van der Waals surface area contributed by atoms with E-state index in [2.05, 4.69) is 53.4 Å². The van der Waals surface area contributed by atoms with Crippen molar-refractivity contribution in [1.29, 1.82) is 0 Å². The number of carbonyl (C=O) groups is 1. The van der Waals surface area contributed by atoms with E-state index >= 15 is 0 Å². The van der Waals surface area contributed by atoms with Crippen LogP contribution in [-0.4, -0.2) is 41.9 Å². The van der Waals surface area contributed by atoms with Crippen LogP contribution in [0, 0.1) is 0 Å². The molecule has 1 aliphatic rings. The van der Waals surface area contributed by atoms with E-state index in [9.17, 15) is 4.79 Å². The van der Waals surface area contributed by atoms with Crippen molar-refractivity contribution < 1.29 is 17.2 Å². The summed E-state index contributed by atoms with van der Waals surface area (Å²) in [5, 5.41) is 0.648. The largest absolute Gasteiger partial charge is 1.00 e. The molecular weight excluding hydrogens is 403 g/mol. The van der Waals surface area contributed by atoms with E-state index in [1.54, 1.807) is 24.3 Å². The molecule has 1 aliphatic heterocycles. The van der Waals surface area contributed by atoms with Gasteiger partial charge in [0.05, 0.1) is 6.04 Å². The molecule has 29 heavy (non-hydrogen) atoms. The number of hydrogen-bond donors (Lipinski definition) is 0. The van der Waals surface area contributed by atoms with Crippen molar-refractivity contribution in [3.63, 3.8) is 0 Å². The molecule has 150 valence electrons. The van der Waals surface area contributed by atoms with Crippen LogP contribution >= 0.6 is 11.6 Å². The zero-order valence-corrected chi connectivity index (χ0v) is 17.6. The fourth-order valence-corrected chi connectivity index (χ4v) is 3.97. The molecule has 1 heterocycles. The Labute approximate surface area is 183 Å². The number of halogens is 2. The fourth-order valence-electron chi connectivity index (χ4n) is 3.84. The number of hydrogen-bond acceptors (Lipinski definition) is 2. The molecule has 0 spiro atoms. The maximum Gasteiger partial charge on any atom is 0.253 e. The lowest BCUT2D eigenvalue weighted by Crippen LogP contribution is -3.00.